The highest BCUT2D eigenvalue weighted by Crippen LogP contribution is 2.25. The van der Waals surface area contributed by atoms with Gasteiger partial charge in [0.05, 0.1) is 6.61 Å². The summed E-state index contributed by atoms with van der Waals surface area (Å²) >= 11 is 0. The minimum Gasteiger partial charge on any atom is -1.00 e. The molecular formula is C16H18ClNO2. The van der Waals surface area contributed by atoms with Crippen LogP contribution < -0.4 is 17.0 Å². The molecule has 2 atom stereocenters. The molecule has 3 rings (SSSR count). The van der Waals surface area contributed by atoms with E-state index in [1.165, 1.54) is 11.1 Å². The van der Waals surface area contributed by atoms with Crippen LogP contribution in [0.5, 0.6) is 0 Å². The summed E-state index contributed by atoms with van der Waals surface area (Å²) < 4.78 is 13.3. The second kappa shape index (κ2) is 6.84. The molecule has 0 bridgehead atoms. The molecule has 2 heterocycles. The van der Waals surface area contributed by atoms with Gasteiger partial charge in [0.15, 0.2) is 25.2 Å². The van der Waals surface area contributed by atoms with E-state index in [-0.39, 0.29) is 24.8 Å². The lowest BCUT2D eigenvalue weighted by molar-refractivity contribution is -0.688. The van der Waals surface area contributed by atoms with Gasteiger partial charge in [-0.1, -0.05) is 30.3 Å². The second-order valence-electron chi connectivity index (χ2n) is 4.82. The lowest BCUT2D eigenvalue weighted by Crippen LogP contribution is -3.00. The van der Waals surface area contributed by atoms with Gasteiger partial charge in [-0.25, -0.2) is 4.57 Å². The van der Waals surface area contributed by atoms with Crippen LogP contribution in [0.1, 0.15) is 24.2 Å². The van der Waals surface area contributed by atoms with E-state index < -0.39 is 0 Å². The van der Waals surface area contributed by atoms with Gasteiger partial charge in [-0.15, -0.1) is 0 Å². The van der Waals surface area contributed by atoms with Crippen molar-refractivity contribution in [3.05, 3.63) is 66.0 Å². The number of pyridine rings is 1. The molecule has 4 heteroatoms. The van der Waals surface area contributed by atoms with Crippen LogP contribution in [0, 0.1) is 0 Å². The number of benzene rings is 1. The maximum absolute atomic E-state index is 5.67. The van der Waals surface area contributed by atoms with Gasteiger partial charge in [0, 0.05) is 17.7 Å². The predicted octanol–water partition coefficient (Wildman–Crippen LogP) is -0.540. The van der Waals surface area contributed by atoms with E-state index in [0.717, 1.165) is 6.54 Å². The monoisotopic (exact) mass is 291 g/mol. The number of aromatic nitrogens is 1. The van der Waals surface area contributed by atoms with E-state index in [2.05, 4.69) is 53.4 Å². The van der Waals surface area contributed by atoms with Gasteiger partial charge >= 0.3 is 0 Å². The number of hydrogen-bond donors (Lipinski definition) is 0. The Morgan fingerprint density at radius 3 is 2.40 bits per heavy atom. The van der Waals surface area contributed by atoms with Gasteiger partial charge in [-0.3, -0.25) is 0 Å². The fraction of sp³-hybridized carbons (Fsp3) is 0.312. The van der Waals surface area contributed by atoms with Crippen molar-refractivity contribution in [2.75, 3.05) is 6.61 Å². The molecule has 0 N–H and O–H groups in total. The number of nitrogens with zero attached hydrogens (tertiary/aromatic N) is 1. The Balaban J connectivity index is 0.00000147. The third-order valence-corrected chi connectivity index (χ3v) is 3.33. The first-order valence-electron chi connectivity index (χ1n) is 6.61. The van der Waals surface area contributed by atoms with Gasteiger partial charge in [0.2, 0.25) is 0 Å². The van der Waals surface area contributed by atoms with Crippen LogP contribution in [0.15, 0.2) is 54.9 Å². The van der Waals surface area contributed by atoms with Crippen molar-refractivity contribution in [1.29, 1.82) is 0 Å². The summed E-state index contributed by atoms with van der Waals surface area (Å²) in [4.78, 5) is 0. The Kier molecular flexibility index (Phi) is 5.12. The molecule has 0 amide bonds. The van der Waals surface area contributed by atoms with Crippen molar-refractivity contribution in [3.8, 4) is 0 Å². The number of halogens is 1. The molecule has 0 saturated carbocycles. The van der Waals surface area contributed by atoms with Gasteiger partial charge in [0.25, 0.3) is 0 Å². The van der Waals surface area contributed by atoms with Gasteiger partial charge in [0.1, 0.15) is 6.10 Å². The molecule has 0 radical (unpaired) electrons. The number of hydrogen-bond acceptors (Lipinski definition) is 2. The van der Waals surface area contributed by atoms with Crippen molar-refractivity contribution >= 4 is 0 Å². The molecule has 3 nitrogen and oxygen atoms in total. The zero-order valence-electron chi connectivity index (χ0n) is 11.4. The van der Waals surface area contributed by atoms with E-state index in [9.17, 15) is 0 Å². The van der Waals surface area contributed by atoms with Crippen molar-refractivity contribution in [1.82, 2.24) is 0 Å². The highest BCUT2D eigenvalue weighted by atomic mass is 35.5. The first-order valence-corrected chi connectivity index (χ1v) is 6.61. The fourth-order valence-electron chi connectivity index (χ4n) is 2.29. The molecule has 1 aliphatic rings. The Hall–Kier alpha value is -1.42. The molecule has 0 spiro atoms. The second-order valence-corrected chi connectivity index (χ2v) is 4.82. The number of rotatable bonds is 3. The van der Waals surface area contributed by atoms with E-state index in [0.29, 0.717) is 6.61 Å². The molecule has 1 fully saturated rings. The van der Waals surface area contributed by atoms with Gasteiger partial charge in [-0.2, -0.15) is 0 Å². The van der Waals surface area contributed by atoms with Crippen LogP contribution in [0.2, 0.25) is 0 Å². The van der Waals surface area contributed by atoms with Crippen LogP contribution >= 0.6 is 0 Å². The zero-order valence-corrected chi connectivity index (χ0v) is 12.2. The first-order chi connectivity index (χ1) is 9.31. The van der Waals surface area contributed by atoms with E-state index in [4.69, 9.17) is 9.47 Å². The van der Waals surface area contributed by atoms with Crippen molar-refractivity contribution in [3.63, 3.8) is 0 Å². The fourth-order valence-corrected chi connectivity index (χ4v) is 2.29. The third-order valence-electron chi connectivity index (χ3n) is 3.33. The molecule has 1 aromatic carbocycles. The lowest BCUT2D eigenvalue weighted by atomic mass is 10.1. The molecular weight excluding hydrogens is 274 g/mol. The van der Waals surface area contributed by atoms with Crippen molar-refractivity contribution in [2.45, 2.75) is 25.9 Å². The predicted molar refractivity (Wildman–Crippen MR) is 71.4 cm³/mol. The summed E-state index contributed by atoms with van der Waals surface area (Å²) in [6.07, 6.45) is 4.16. The van der Waals surface area contributed by atoms with Crippen molar-refractivity contribution < 1.29 is 26.4 Å². The SMILES string of the molecule is CC1OCC(c2cc[n+](Cc3ccccc3)cc2)O1.[Cl-]. The lowest BCUT2D eigenvalue weighted by Gasteiger charge is -2.07. The third kappa shape index (κ3) is 3.57. The van der Waals surface area contributed by atoms with Crippen LogP contribution in [0.4, 0.5) is 0 Å². The van der Waals surface area contributed by atoms with Gasteiger partial charge < -0.3 is 21.9 Å². The molecule has 106 valence electrons. The maximum Gasteiger partial charge on any atom is 0.173 e. The van der Waals surface area contributed by atoms with Crippen LogP contribution in [0.3, 0.4) is 0 Å². The average molecular weight is 292 g/mol. The summed E-state index contributed by atoms with van der Waals surface area (Å²) in [6.45, 7) is 3.46. The summed E-state index contributed by atoms with van der Waals surface area (Å²) in [5.74, 6) is 0. The smallest absolute Gasteiger partial charge is 0.173 e. The summed E-state index contributed by atoms with van der Waals surface area (Å²) in [5, 5.41) is 0. The summed E-state index contributed by atoms with van der Waals surface area (Å²) in [6, 6.07) is 14.7. The molecule has 2 unspecified atom stereocenters. The minimum atomic E-state index is -0.0957. The largest absolute Gasteiger partial charge is 1.00 e. The molecule has 1 aromatic heterocycles. The van der Waals surface area contributed by atoms with Crippen molar-refractivity contribution in [2.24, 2.45) is 0 Å². The standard InChI is InChI=1S/C16H18NO2.ClH/c1-13-18-12-16(19-13)15-7-9-17(10-8-15)11-14-5-3-2-4-6-14;/h2-10,13,16H,11-12H2,1H3;1H/q+1;/p-1. The van der Waals surface area contributed by atoms with Crippen LogP contribution in [-0.4, -0.2) is 12.9 Å². The van der Waals surface area contributed by atoms with Gasteiger partial charge in [-0.05, 0) is 12.5 Å². The number of ether oxygens (including phenoxy) is 2. The normalized spacial score (nSPS) is 21.4. The summed E-state index contributed by atoms with van der Waals surface area (Å²) in [5.41, 5.74) is 2.47. The van der Waals surface area contributed by atoms with Crippen LogP contribution in [-0.2, 0) is 16.0 Å². The molecule has 0 aliphatic carbocycles. The van der Waals surface area contributed by atoms with E-state index in [1.54, 1.807) is 0 Å². The first kappa shape index (κ1) is 15.0. The minimum absolute atomic E-state index is 0. The Labute approximate surface area is 125 Å². The maximum atomic E-state index is 5.67. The molecule has 1 aliphatic heterocycles. The highest BCUT2D eigenvalue weighted by Gasteiger charge is 2.24. The Morgan fingerprint density at radius 2 is 1.80 bits per heavy atom. The topological polar surface area (TPSA) is 22.3 Å². The zero-order chi connectivity index (χ0) is 13.1. The Morgan fingerprint density at radius 1 is 1.10 bits per heavy atom. The highest BCUT2D eigenvalue weighted by molar-refractivity contribution is 5.14. The molecule has 1 saturated heterocycles. The van der Waals surface area contributed by atoms with Crippen LogP contribution in [0.25, 0.3) is 0 Å². The van der Waals surface area contributed by atoms with E-state index >= 15 is 0 Å². The summed E-state index contributed by atoms with van der Waals surface area (Å²) in [7, 11) is 0. The quantitative estimate of drug-likeness (QED) is 0.709. The Bertz CT molecular complexity index is 530. The average Bonchev–Trinajstić information content (AvgIpc) is 2.87. The van der Waals surface area contributed by atoms with E-state index in [1.807, 2.05) is 13.0 Å². The molecule has 2 aromatic rings. The molecule has 20 heavy (non-hydrogen) atoms.